The highest BCUT2D eigenvalue weighted by molar-refractivity contribution is 5.97. The smallest absolute Gasteiger partial charge is 0.321 e. The molecule has 0 saturated carbocycles. The average Bonchev–Trinajstić information content (AvgIpc) is 2.26. The molecule has 0 aromatic rings. The molecule has 0 radical (unpaired) electrons. The van der Waals surface area contributed by atoms with Gasteiger partial charge in [-0.2, -0.15) is 0 Å². The summed E-state index contributed by atoms with van der Waals surface area (Å²) < 4.78 is 0. The van der Waals surface area contributed by atoms with Gasteiger partial charge in [0.2, 0.25) is 11.8 Å². The Morgan fingerprint density at radius 3 is 2.00 bits per heavy atom. The van der Waals surface area contributed by atoms with Crippen LogP contribution >= 0.6 is 0 Å². The average molecular weight is 272 g/mol. The number of nitrogens with zero attached hydrogens (tertiary/aromatic N) is 2. The number of carbonyl (C=O) groups is 3. The topological polar surface area (TPSA) is 81.8 Å². The first-order valence-electron chi connectivity index (χ1n) is 6.17. The van der Waals surface area contributed by atoms with E-state index in [9.17, 15) is 14.4 Å². The molecular formula is C12H24N4O3. The van der Waals surface area contributed by atoms with E-state index < -0.39 is 18.0 Å². The van der Waals surface area contributed by atoms with Crippen LogP contribution in [0.5, 0.6) is 0 Å². The molecule has 0 aliphatic heterocycles. The first-order chi connectivity index (χ1) is 8.65. The summed E-state index contributed by atoms with van der Waals surface area (Å²) in [6.07, 6.45) is 0. The van der Waals surface area contributed by atoms with E-state index in [1.54, 1.807) is 46.8 Å². The summed E-state index contributed by atoms with van der Waals surface area (Å²) in [6, 6.07) is -1.14. The minimum absolute atomic E-state index is 0.0452. The van der Waals surface area contributed by atoms with Gasteiger partial charge in [-0.25, -0.2) is 4.79 Å². The number of likely N-dealkylation sites (N-methyl/N-ethyl adjacent to an activating group) is 2. The third-order valence-corrected chi connectivity index (χ3v) is 2.58. The molecular weight excluding hydrogens is 248 g/mol. The Morgan fingerprint density at radius 2 is 1.58 bits per heavy atom. The molecule has 2 N–H and O–H groups in total. The van der Waals surface area contributed by atoms with E-state index >= 15 is 0 Å². The molecule has 0 bridgehead atoms. The number of rotatable bonds is 5. The quantitative estimate of drug-likeness (QED) is 0.715. The summed E-state index contributed by atoms with van der Waals surface area (Å²) in [6.45, 7) is 5.36. The van der Waals surface area contributed by atoms with Gasteiger partial charge in [-0.1, -0.05) is 0 Å². The summed E-state index contributed by atoms with van der Waals surface area (Å²) in [5.41, 5.74) is 0. The fraction of sp³-hybridized carbons (Fsp3) is 0.750. The highest BCUT2D eigenvalue weighted by Gasteiger charge is 2.22. The Bertz CT molecular complexity index is 342. The van der Waals surface area contributed by atoms with Crippen LogP contribution in [-0.2, 0) is 9.59 Å². The van der Waals surface area contributed by atoms with Gasteiger partial charge in [0.05, 0.1) is 12.6 Å². The van der Waals surface area contributed by atoms with Crippen LogP contribution in [0.15, 0.2) is 0 Å². The van der Waals surface area contributed by atoms with Crippen LogP contribution in [0.25, 0.3) is 0 Å². The van der Waals surface area contributed by atoms with Gasteiger partial charge in [0.1, 0.15) is 0 Å². The van der Waals surface area contributed by atoms with Crippen LogP contribution in [0.1, 0.15) is 20.8 Å². The van der Waals surface area contributed by atoms with Crippen LogP contribution in [0.3, 0.4) is 0 Å². The first-order valence-corrected chi connectivity index (χ1v) is 6.17. The van der Waals surface area contributed by atoms with Gasteiger partial charge in [0, 0.05) is 20.1 Å². The molecule has 7 nitrogen and oxygen atoms in total. The SMILES string of the molecule is CC(C)NC(=O)NC(=O)C(C)N(C)CC(=O)N(C)C. The third kappa shape index (κ3) is 6.76. The molecule has 4 amide bonds. The number of carbonyl (C=O) groups excluding carboxylic acids is 3. The monoisotopic (exact) mass is 272 g/mol. The second-order valence-corrected chi connectivity index (χ2v) is 5.00. The number of amides is 4. The largest absolute Gasteiger partial charge is 0.348 e. The van der Waals surface area contributed by atoms with Crippen LogP contribution in [0.4, 0.5) is 4.79 Å². The van der Waals surface area contributed by atoms with Gasteiger partial charge in [-0.05, 0) is 27.8 Å². The maximum atomic E-state index is 11.8. The van der Waals surface area contributed by atoms with Crippen molar-refractivity contribution in [2.45, 2.75) is 32.9 Å². The maximum absolute atomic E-state index is 11.8. The van der Waals surface area contributed by atoms with Gasteiger partial charge in [0.15, 0.2) is 0 Å². The minimum atomic E-state index is -0.568. The van der Waals surface area contributed by atoms with E-state index in [0.29, 0.717) is 0 Å². The van der Waals surface area contributed by atoms with E-state index in [2.05, 4.69) is 10.6 Å². The molecule has 1 unspecified atom stereocenters. The Kier molecular flexibility index (Phi) is 7.06. The number of urea groups is 1. The zero-order chi connectivity index (χ0) is 15.2. The molecule has 110 valence electrons. The maximum Gasteiger partial charge on any atom is 0.321 e. The van der Waals surface area contributed by atoms with E-state index in [1.807, 2.05) is 0 Å². The molecule has 0 saturated heterocycles. The molecule has 0 rings (SSSR count). The van der Waals surface area contributed by atoms with Crippen molar-refractivity contribution in [3.8, 4) is 0 Å². The Morgan fingerprint density at radius 1 is 1.05 bits per heavy atom. The highest BCUT2D eigenvalue weighted by Crippen LogP contribution is 1.96. The van der Waals surface area contributed by atoms with Crippen LogP contribution in [0.2, 0.25) is 0 Å². The van der Waals surface area contributed by atoms with Crippen molar-refractivity contribution in [3.63, 3.8) is 0 Å². The van der Waals surface area contributed by atoms with Gasteiger partial charge in [0.25, 0.3) is 0 Å². The molecule has 0 aromatic heterocycles. The van der Waals surface area contributed by atoms with Gasteiger partial charge in [-0.3, -0.25) is 19.8 Å². The zero-order valence-electron chi connectivity index (χ0n) is 12.5. The number of hydrogen-bond acceptors (Lipinski definition) is 4. The molecule has 1 atom stereocenters. The first kappa shape index (κ1) is 17.4. The summed E-state index contributed by atoms with van der Waals surface area (Å²) in [4.78, 5) is 37.7. The Labute approximate surface area is 114 Å². The van der Waals surface area contributed by atoms with E-state index in [0.717, 1.165) is 0 Å². The number of nitrogens with one attached hydrogen (secondary N) is 2. The Hall–Kier alpha value is -1.63. The van der Waals surface area contributed by atoms with Gasteiger partial charge in [-0.15, -0.1) is 0 Å². The molecule has 0 heterocycles. The summed E-state index contributed by atoms with van der Waals surface area (Å²) >= 11 is 0. The molecule has 19 heavy (non-hydrogen) atoms. The van der Waals surface area contributed by atoms with Crippen LogP contribution in [0, 0.1) is 0 Å². The van der Waals surface area contributed by atoms with Crippen molar-refractivity contribution in [2.75, 3.05) is 27.7 Å². The lowest BCUT2D eigenvalue weighted by Gasteiger charge is -2.24. The van der Waals surface area contributed by atoms with Gasteiger partial charge >= 0.3 is 6.03 Å². The zero-order valence-corrected chi connectivity index (χ0v) is 12.5. The summed E-state index contributed by atoms with van der Waals surface area (Å²) in [5.74, 6) is -0.541. The van der Waals surface area contributed by atoms with Crippen LogP contribution < -0.4 is 10.6 Å². The standard InChI is InChI=1S/C12H24N4O3/c1-8(2)13-12(19)14-11(18)9(3)16(6)7-10(17)15(4)5/h8-9H,7H2,1-6H3,(H2,13,14,18,19). The van der Waals surface area contributed by atoms with Crippen molar-refractivity contribution in [1.82, 2.24) is 20.4 Å². The number of hydrogen-bond donors (Lipinski definition) is 2. The van der Waals surface area contributed by atoms with Crippen molar-refractivity contribution >= 4 is 17.8 Å². The normalized spacial score (nSPS) is 12.2. The van der Waals surface area contributed by atoms with E-state index in [-0.39, 0.29) is 18.5 Å². The highest BCUT2D eigenvalue weighted by atomic mass is 16.2. The van der Waals surface area contributed by atoms with E-state index in [1.165, 1.54) is 4.90 Å². The molecule has 0 spiro atoms. The molecule has 0 fully saturated rings. The fourth-order valence-electron chi connectivity index (χ4n) is 1.21. The second kappa shape index (κ2) is 7.73. The predicted octanol–water partition coefficient (Wildman–Crippen LogP) is -0.371. The Balaban J connectivity index is 4.32. The van der Waals surface area contributed by atoms with Crippen molar-refractivity contribution in [3.05, 3.63) is 0 Å². The predicted molar refractivity (Wildman–Crippen MR) is 72.6 cm³/mol. The second-order valence-electron chi connectivity index (χ2n) is 5.00. The summed E-state index contributed by atoms with van der Waals surface area (Å²) in [7, 11) is 4.96. The molecule has 7 heteroatoms. The number of imide groups is 1. The fourth-order valence-corrected chi connectivity index (χ4v) is 1.21. The summed E-state index contributed by atoms with van der Waals surface area (Å²) in [5, 5.41) is 4.80. The van der Waals surface area contributed by atoms with Crippen molar-refractivity contribution in [2.24, 2.45) is 0 Å². The van der Waals surface area contributed by atoms with Crippen molar-refractivity contribution < 1.29 is 14.4 Å². The molecule has 0 aromatic carbocycles. The van der Waals surface area contributed by atoms with E-state index in [4.69, 9.17) is 0 Å². The van der Waals surface area contributed by atoms with Crippen LogP contribution in [-0.4, -0.2) is 67.4 Å². The third-order valence-electron chi connectivity index (χ3n) is 2.58. The van der Waals surface area contributed by atoms with Gasteiger partial charge < -0.3 is 10.2 Å². The molecule has 0 aliphatic carbocycles. The minimum Gasteiger partial charge on any atom is -0.348 e. The lowest BCUT2D eigenvalue weighted by atomic mass is 10.2. The van der Waals surface area contributed by atoms with Crippen molar-refractivity contribution in [1.29, 1.82) is 0 Å². The molecule has 0 aliphatic rings. The lowest BCUT2D eigenvalue weighted by Crippen LogP contribution is -2.51. The lowest BCUT2D eigenvalue weighted by molar-refractivity contribution is -0.131.